The van der Waals surface area contributed by atoms with Crippen LogP contribution in [0, 0.1) is 0 Å². The summed E-state index contributed by atoms with van der Waals surface area (Å²) in [4.78, 5) is 20.5. The van der Waals surface area contributed by atoms with Crippen LogP contribution in [0.5, 0.6) is 11.5 Å². The zero-order chi connectivity index (χ0) is 17.5. The smallest absolute Gasteiger partial charge is 0.274 e. The van der Waals surface area contributed by atoms with Crippen LogP contribution in [0.4, 0.5) is 11.5 Å². The molecule has 0 spiro atoms. The number of benzene rings is 1. The minimum atomic E-state index is -0.320. The molecule has 1 aromatic heterocycles. The Hall–Kier alpha value is -2.87. The Labute approximate surface area is 145 Å². The Balaban J connectivity index is 1.63. The number of carbonyl (C=O) groups is 1. The van der Waals surface area contributed by atoms with Gasteiger partial charge in [-0.3, -0.25) is 4.79 Å². The topological polar surface area (TPSA) is 94.6 Å². The fourth-order valence-corrected chi connectivity index (χ4v) is 2.33. The molecule has 132 valence electrons. The van der Waals surface area contributed by atoms with E-state index in [4.69, 9.17) is 14.2 Å². The molecule has 0 radical (unpaired) electrons. The van der Waals surface area contributed by atoms with Crippen LogP contribution in [0.3, 0.4) is 0 Å². The van der Waals surface area contributed by atoms with E-state index in [1.807, 2.05) is 0 Å². The van der Waals surface area contributed by atoms with Crippen LogP contribution in [-0.4, -0.2) is 49.4 Å². The van der Waals surface area contributed by atoms with Gasteiger partial charge < -0.3 is 24.8 Å². The first-order chi connectivity index (χ1) is 12.3. The third-order valence-corrected chi connectivity index (χ3v) is 3.53. The molecule has 8 nitrogen and oxygen atoms in total. The van der Waals surface area contributed by atoms with Gasteiger partial charge >= 0.3 is 0 Å². The maximum atomic E-state index is 12.4. The van der Waals surface area contributed by atoms with Gasteiger partial charge in [-0.1, -0.05) is 0 Å². The molecule has 8 heteroatoms. The van der Waals surface area contributed by atoms with Gasteiger partial charge in [-0.25, -0.2) is 9.97 Å². The third-order valence-electron chi connectivity index (χ3n) is 3.53. The summed E-state index contributed by atoms with van der Waals surface area (Å²) in [6.45, 7) is 2.39. The molecule has 0 saturated heterocycles. The lowest BCUT2D eigenvalue weighted by Gasteiger charge is -2.19. The van der Waals surface area contributed by atoms with E-state index in [-0.39, 0.29) is 11.6 Å². The van der Waals surface area contributed by atoms with Crippen LogP contribution < -0.4 is 20.1 Å². The molecule has 0 fully saturated rings. The van der Waals surface area contributed by atoms with Gasteiger partial charge in [0.25, 0.3) is 5.91 Å². The molecule has 1 aliphatic rings. The number of aromatic nitrogens is 2. The van der Waals surface area contributed by atoms with E-state index < -0.39 is 0 Å². The first-order valence-corrected chi connectivity index (χ1v) is 8.02. The summed E-state index contributed by atoms with van der Waals surface area (Å²) in [6, 6.07) is 6.88. The zero-order valence-electron chi connectivity index (χ0n) is 13.9. The second-order valence-corrected chi connectivity index (χ2v) is 5.37. The van der Waals surface area contributed by atoms with Gasteiger partial charge in [0, 0.05) is 38.1 Å². The van der Waals surface area contributed by atoms with Gasteiger partial charge in [-0.15, -0.1) is 0 Å². The second kappa shape index (κ2) is 8.29. The van der Waals surface area contributed by atoms with E-state index in [0.717, 1.165) is 6.42 Å². The highest BCUT2D eigenvalue weighted by molar-refractivity contribution is 6.03. The van der Waals surface area contributed by atoms with Gasteiger partial charge in [-0.2, -0.15) is 0 Å². The molecule has 1 amide bonds. The van der Waals surface area contributed by atoms with Gasteiger partial charge in [0.05, 0.1) is 0 Å². The fraction of sp³-hybridized carbons (Fsp3) is 0.353. The molecule has 0 saturated carbocycles. The SMILES string of the molecule is COCCCNc1cc(C(=O)Nc2ccc3c(c2)OCCO3)ncn1. The number of hydrogen-bond acceptors (Lipinski definition) is 7. The van der Waals surface area contributed by atoms with Crippen LogP contribution in [-0.2, 0) is 4.74 Å². The average Bonchev–Trinajstić information content (AvgIpc) is 2.65. The number of nitrogens with zero attached hydrogens (tertiary/aromatic N) is 2. The lowest BCUT2D eigenvalue weighted by molar-refractivity contribution is 0.102. The number of carbonyl (C=O) groups excluding carboxylic acids is 1. The van der Waals surface area contributed by atoms with Gasteiger partial charge in [0.2, 0.25) is 0 Å². The molecule has 0 bridgehead atoms. The van der Waals surface area contributed by atoms with E-state index in [2.05, 4.69) is 20.6 Å². The quantitative estimate of drug-likeness (QED) is 0.741. The van der Waals surface area contributed by atoms with Gasteiger partial charge in [0.1, 0.15) is 31.1 Å². The molecule has 0 unspecified atom stereocenters. The van der Waals surface area contributed by atoms with Crippen molar-refractivity contribution >= 4 is 17.4 Å². The average molecular weight is 344 g/mol. The number of nitrogens with one attached hydrogen (secondary N) is 2. The highest BCUT2D eigenvalue weighted by Crippen LogP contribution is 2.32. The lowest BCUT2D eigenvalue weighted by Crippen LogP contribution is -2.17. The van der Waals surface area contributed by atoms with Crippen LogP contribution in [0.25, 0.3) is 0 Å². The van der Waals surface area contributed by atoms with Crippen molar-refractivity contribution in [3.63, 3.8) is 0 Å². The Morgan fingerprint density at radius 2 is 2.04 bits per heavy atom. The highest BCUT2D eigenvalue weighted by Gasteiger charge is 2.14. The van der Waals surface area contributed by atoms with E-state index in [1.165, 1.54) is 6.33 Å². The van der Waals surface area contributed by atoms with Crippen molar-refractivity contribution in [2.75, 3.05) is 44.1 Å². The predicted molar refractivity (Wildman–Crippen MR) is 92.4 cm³/mol. The summed E-state index contributed by atoms with van der Waals surface area (Å²) in [7, 11) is 1.66. The van der Waals surface area contributed by atoms with Crippen molar-refractivity contribution in [3.05, 3.63) is 36.3 Å². The largest absolute Gasteiger partial charge is 0.486 e. The first kappa shape index (κ1) is 17.0. The number of anilines is 2. The standard InChI is InChI=1S/C17H20N4O4/c1-23-6-2-5-18-16-10-13(19-11-20-16)17(22)21-12-3-4-14-15(9-12)25-8-7-24-14/h3-4,9-11H,2,5-8H2,1H3,(H,21,22)(H,18,19,20). The summed E-state index contributed by atoms with van der Waals surface area (Å²) in [5.41, 5.74) is 0.890. The summed E-state index contributed by atoms with van der Waals surface area (Å²) in [6.07, 6.45) is 2.20. The molecule has 1 aliphatic heterocycles. The molecule has 2 aromatic rings. The summed E-state index contributed by atoms with van der Waals surface area (Å²) < 4.78 is 16.0. The van der Waals surface area contributed by atoms with Gasteiger partial charge in [-0.05, 0) is 18.6 Å². The summed E-state index contributed by atoms with van der Waals surface area (Å²) >= 11 is 0. The number of ether oxygens (including phenoxy) is 3. The maximum absolute atomic E-state index is 12.4. The van der Waals surface area contributed by atoms with Gasteiger partial charge in [0.15, 0.2) is 11.5 Å². The highest BCUT2D eigenvalue weighted by atomic mass is 16.6. The van der Waals surface area contributed by atoms with Crippen molar-refractivity contribution in [1.82, 2.24) is 9.97 Å². The van der Waals surface area contributed by atoms with Crippen LogP contribution in [0.15, 0.2) is 30.6 Å². The third kappa shape index (κ3) is 4.57. The van der Waals surface area contributed by atoms with Crippen LogP contribution >= 0.6 is 0 Å². The fourth-order valence-electron chi connectivity index (χ4n) is 2.33. The first-order valence-electron chi connectivity index (χ1n) is 8.02. The van der Waals surface area contributed by atoms with Crippen molar-refractivity contribution < 1.29 is 19.0 Å². The maximum Gasteiger partial charge on any atom is 0.274 e. The van der Waals surface area contributed by atoms with Crippen molar-refractivity contribution in [2.45, 2.75) is 6.42 Å². The molecule has 0 atom stereocenters. The Morgan fingerprint density at radius 3 is 2.88 bits per heavy atom. The normalized spacial score (nSPS) is 12.5. The summed E-state index contributed by atoms with van der Waals surface area (Å²) in [5.74, 6) is 1.57. The summed E-state index contributed by atoms with van der Waals surface area (Å²) in [5, 5.41) is 5.93. The Morgan fingerprint density at radius 1 is 1.20 bits per heavy atom. The Bertz CT molecular complexity index is 738. The molecule has 3 rings (SSSR count). The number of hydrogen-bond donors (Lipinski definition) is 2. The number of rotatable bonds is 7. The minimum absolute atomic E-state index is 0.277. The second-order valence-electron chi connectivity index (χ2n) is 5.37. The molecular weight excluding hydrogens is 324 g/mol. The van der Waals surface area contributed by atoms with Crippen LogP contribution in [0.1, 0.15) is 16.9 Å². The number of methoxy groups -OCH3 is 1. The Kier molecular flexibility index (Phi) is 5.63. The van der Waals surface area contributed by atoms with Crippen molar-refractivity contribution in [2.24, 2.45) is 0 Å². The number of fused-ring (bicyclic) bond motifs is 1. The number of amides is 1. The van der Waals surface area contributed by atoms with Crippen molar-refractivity contribution in [1.29, 1.82) is 0 Å². The van der Waals surface area contributed by atoms with Crippen LogP contribution in [0.2, 0.25) is 0 Å². The molecule has 1 aromatic carbocycles. The monoisotopic (exact) mass is 344 g/mol. The predicted octanol–water partition coefficient (Wildman–Crippen LogP) is 1.95. The van der Waals surface area contributed by atoms with E-state index in [1.54, 1.807) is 31.4 Å². The molecule has 25 heavy (non-hydrogen) atoms. The lowest BCUT2D eigenvalue weighted by atomic mass is 10.2. The van der Waals surface area contributed by atoms with Crippen molar-refractivity contribution in [3.8, 4) is 11.5 Å². The molecular formula is C17H20N4O4. The molecule has 2 heterocycles. The minimum Gasteiger partial charge on any atom is -0.486 e. The van der Waals surface area contributed by atoms with E-state index >= 15 is 0 Å². The molecule has 0 aliphatic carbocycles. The van der Waals surface area contributed by atoms with E-state index in [9.17, 15) is 4.79 Å². The van der Waals surface area contributed by atoms with E-state index in [0.29, 0.717) is 49.4 Å². The molecule has 2 N–H and O–H groups in total. The zero-order valence-corrected chi connectivity index (χ0v) is 13.9.